The van der Waals surface area contributed by atoms with Crippen LogP contribution in [0.2, 0.25) is 0 Å². The molecular weight excluding hydrogens is 460 g/mol. The third-order valence-electron chi connectivity index (χ3n) is 5.85. The van der Waals surface area contributed by atoms with Gasteiger partial charge in [0.1, 0.15) is 11.5 Å². The molecular formula is C24H17F2N5O2S. The van der Waals surface area contributed by atoms with Gasteiger partial charge < -0.3 is 4.74 Å². The van der Waals surface area contributed by atoms with Crippen molar-refractivity contribution in [1.29, 1.82) is 0 Å². The molecule has 0 spiro atoms. The Balaban J connectivity index is 1.57. The second kappa shape index (κ2) is 8.00. The van der Waals surface area contributed by atoms with Gasteiger partial charge in [-0.25, -0.2) is 23.4 Å². The Bertz CT molecular complexity index is 1640. The van der Waals surface area contributed by atoms with E-state index in [0.717, 1.165) is 40.9 Å². The first kappa shape index (κ1) is 20.9. The predicted octanol–water partition coefficient (Wildman–Crippen LogP) is 4.54. The van der Waals surface area contributed by atoms with Crippen molar-refractivity contribution < 1.29 is 13.5 Å². The van der Waals surface area contributed by atoms with E-state index in [1.807, 2.05) is 12.1 Å². The van der Waals surface area contributed by atoms with Gasteiger partial charge in [-0.3, -0.25) is 9.78 Å². The van der Waals surface area contributed by atoms with Crippen molar-refractivity contribution in [3.63, 3.8) is 0 Å². The van der Waals surface area contributed by atoms with Gasteiger partial charge in [0, 0.05) is 30.5 Å². The average Bonchev–Trinajstić information content (AvgIpc) is 3.50. The van der Waals surface area contributed by atoms with E-state index in [1.54, 1.807) is 13.1 Å². The Kier molecular flexibility index (Phi) is 4.93. The molecule has 0 saturated carbocycles. The van der Waals surface area contributed by atoms with E-state index in [-0.39, 0.29) is 28.5 Å². The lowest BCUT2D eigenvalue weighted by molar-refractivity contribution is 0.193. The van der Waals surface area contributed by atoms with Crippen LogP contribution in [-0.4, -0.2) is 37.9 Å². The predicted molar refractivity (Wildman–Crippen MR) is 124 cm³/mol. The summed E-state index contributed by atoms with van der Waals surface area (Å²) in [6, 6.07) is 7.05. The molecule has 0 N–H and O–H groups in total. The molecule has 5 heterocycles. The van der Waals surface area contributed by atoms with E-state index in [1.165, 1.54) is 28.3 Å². The number of ether oxygens (including phenoxy) is 1. The maximum absolute atomic E-state index is 14.7. The first-order chi connectivity index (χ1) is 16.5. The minimum absolute atomic E-state index is 0.0305. The average molecular weight is 477 g/mol. The number of aromatic nitrogens is 5. The second-order valence-corrected chi connectivity index (χ2v) is 9.27. The van der Waals surface area contributed by atoms with E-state index in [2.05, 4.69) is 20.1 Å². The summed E-state index contributed by atoms with van der Waals surface area (Å²) in [5, 5.41) is 5.40. The van der Waals surface area contributed by atoms with Crippen molar-refractivity contribution in [3.8, 4) is 16.3 Å². The summed E-state index contributed by atoms with van der Waals surface area (Å²) in [5.74, 6) is -1.28. The van der Waals surface area contributed by atoms with Crippen molar-refractivity contribution >= 4 is 32.6 Å². The minimum Gasteiger partial charge on any atom is -0.381 e. The minimum atomic E-state index is -0.824. The first-order valence-electron chi connectivity index (χ1n) is 10.7. The van der Waals surface area contributed by atoms with E-state index in [4.69, 9.17) is 4.74 Å². The van der Waals surface area contributed by atoms with Crippen LogP contribution in [0.1, 0.15) is 23.7 Å². The largest absolute Gasteiger partial charge is 0.381 e. The monoisotopic (exact) mass is 477 g/mol. The molecule has 170 valence electrons. The smallest absolute Gasteiger partial charge is 0.236 e. The van der Waals surface area contributed by atoms with Crippen molar-refractivity contribution in [2.24, 2.45) is 0 Å². The Morgan fingerprint density at radius 3 is 2.82 bits per heavy atom. The summed E-state index contributed by atoms with van der Waals surface area (Å²) < 4.78 is 35.8. The van der Waals surface area contributed by atoms with Gasteiger partial charge in [0.2, 0.25) is 5.43 Å². The fraction of sp³-hybridized carbons (Fsp3) is 0.208. The SMILES string of the molecule is Cc1cnc2c(n1)c(=O)c(-c1cc3cc([C@@H]4CCOC4)ncc3s1)nn2-c1ccc(F)cc1F. The van der Waals surface area contributed by atoms with Gasteiger partial charge in [0.15, 0.2) is 22.7 Å². The van der Waals surface area contributed by atoms with Crippen LogP contribution < -0.4 is 5.43 Å². The number of nitrogens with zero attached hydrogens (tertiary/aromatic N) is 5. The zero-order valence-electron chi connectivity index (χ0n) is 18.0. The molecule has 6 rings (SSSR count). The van der Waals surface area contributed by atoms with Crippen molar-refractivity contribution in [1.82, 2.24) is 24.7 Å². The quantitative estimate of drug-likeness (QED) is 0.379. The molecule has 1 aliphatic heterocycles. The molecule has 0 amide bonds. The third-order valence-corrected chi connectivity index (χ3v) is 6.94. The summed E-state index contributed by atoms with van der Waals surface area (Å²) in [7, 11) is 0. The molecule has 1 fully saturated rings. The zero-order chi connectivity index (χ0) is 23.4. The van der Waals surface area contributed by atoms with E-state index < -0.39 is 17.1 Å². The fourth-order valence-electron chi connectivity index (χ4n) is 4.14. The molecule has 1 aromatic carbocycles. The van der Waals surface area contributed by atoms with Crippen LogP contribution in [-0.2, 0) is 4.74 Å². The number of hydrogen-bond donors (Lipinski definition) is 0. The highest BCUT2D eigenvalue weighted by molar-refractivity contribution is 7.22. The number of benzene rings is 1. The molecule has 0 unspecified atom stereocenters. The molecule has 0 bridgehead atoms. The highest BCUT2D eigenvalue weighted by atomic mass is 32.1. The lowest BCUT2D eigenvalue weighted by Gasteiger charge is -2.11. The molecule has 1 atom stereocenters. The third kappa shape index (κ3) is 3.46. The Morgan fingerprint density at radius 2 is 2.03 bits per heavy atom. The van der Waals surface area contributed by atoms with Crippen LogP contribution in [0, 0.1) is 18.6 Å². The maximum Gasteiger partial charge on any atom is 0.236 e. The van der Waals surface area contributed by atoms with Crippen LogP contribution in [0.15, 0.2) is 47.5 Å². The topological polar surface area (TPSA) is 82.8 Å². The van der Waals surface area contributed by atoms with Gasteiger partial charge in [-0.05, 0) is 43.0 Å². The number of thiophene rings is 1. The standard InChI is InChI=1S/C24H17F2N5O2S/c1-12-9-28-24-22(29-12)23(32)21(30-31(24)18-3-2-15(25)8-16(18)26)19-7-14-6-17(13-4-5-33-11-13)27-10-20(14)34-19/h2-3,6-10,13H,4-5,11H2,1H3/t13-/m1/s1. The molecule has 1 aliphatic rings. The second-order valence-electron chi connectivity index (χ2n) is 8.19. The number of fused-ring (bicyclic) bond motifs is 2. The summed E-state index contributed by atoms with van der Waals surface area (Å²) in [6.45, 7) is 3.09. The van der Waals surface area contributed by atoms with Gasteiger partial charge in [0.25, 0.3) is 0 Å². The zero-order valence-corrected chi connectivity index (χ0v) is 18.8. The van der Waals surface area contributed by atoms with Gasteiger partial charge in [-0.1, -0.05) is 0 Å². The number of pyridine rings is 1. The van der Waals surface area contributed by atoms with Crippen LogP contribution in [0.5, 0.6) is 0 Å². The van der Waals surface area contributed by atoms with E-state index >= 15 is 0 Å². The van der Waals surface area contributed by atoms with Crippen LogP contribution in [0.3, 0.4) is 0 Å². The van der Waals surface area contributed by atoms with Crippen molar-refractivity contribution in [2.45, 2.75) is 19.3 Å². The Morgan fingerprint density at radius 1 is 1.15 bits per heavy atom. The molecule has 0 radical (unpaired) electrons. The Labute approximate surface area is 195 Å². The first-order valence-corrected chi connectivity index (χ1v) is 11.5. The summed E-state index contributed by atoms with van der Waals surface area (Å²) in [5.41, 5.74) is 1.32. The van der Waals surface area contributed by atoms with Gasteiger partial charge in [-0.15, -0.1) is 11.3 Å². The van der Waals surface area contributed by atoms with Gasteiger partial charge >= 0.3 is 0 Å². The van der Waals surface area contributed by atoms with Crippen molar-refractivity contribution in [2.75, 3.05) is 13.2 Å². The molecule has 10 heteroatoms. The van der Waals surface area contributed by atoms with Gasteiger partial charge in [-0.2, -0.15) is 5.10 Å². The fourth-order valence-corrected chi connectivity index (χ4v) is 5.13. The molecule has 1 saturated heterocycles. The highest BCUT2D eigenvalue weighted by Gasteiger charge is 2.22. The highest BCUT2D eigenvalue weighted by Crippen LogP contribution is 2.34. The Hall–Kier alpha value is -3.63. The van der Waals surface area contributed by atoms with Crippen LogP contribution in [0.25, 0.3) is 37.5 Å². The number of aryl methyl sites for hydroxylation is 1. The molecule has 4 aromatic heterocycles. The number of hydrogen-bond acceptors (Lipinski definition) is 7. The maximum atomic E-state index is 14.7. The normalized spacial score (nSPS) is 16.0. The molecule has 7 nitrogen and oxygen atoms in total. The van der Waals surface area contributed by atoms with Crippen molar-refractivity contribution in [3.05, 3.63) is 76.0 Å². The van der Waals surface area contributed by atoms with E-state index in [9.17, 15) is 13.6 Å². The van der Waals surface area contributed by atoms with Gasteiger partial charge in [0.05, 0.1) is 28.1 Å². The summed E-state index contributed by atoms with van der Waals surface area (Å²) in [4.78, 5) is 27.2. The van der Waals surface area contributed by atoms with E-state index in [0.29, 0.717) is 17.2 Å². The molecule has 0 aliphatic carbocycles. The summed E-state index contributed by atoms with van der Waals surface area (Å²) >= 11 is 1.37. The van der Waals surface area contributed by atoms with Crippen LogP contribution >= 0.6 is 11.3 Å². The number of rotatable bonds is 3. The molecule has 34 heavy (non-hydrogen) atoms. The summed E-state index contributed by atoms with van der Waals surface area (Å²) in [6.07, 6.45) is 4.19. The number of halogens is 2. The lowest BCUT2D eigenvalue weighted by atomic mass is 10.0. The molecule has 5 aromatic rings. The van der Waals surface area contributed by atoms with Crippen LogP contribution in [0.4, 0.5) is 8.78 Å². The lowest BCUT2D eigenvalue weighted by Crippen LogP contribution is -2.18.